The van der Waals surface area contributed by atoms with Gasteiger partial charge in [0, 0.05) is 32.4 Å². The van der Waals surface area contributed by atoms with Crippen molar-refractivity contribution in [1.82, 2.24) is 19.9 Å². The van der Waals surface area contributed by atoms with E-state index in [2.05, 4.69) is 19.9 Å². The maximum Gasteiger partial charge on any atom is 0.339 e. The summed E-state index contributed by atoms with van der Waals surface area (Å²) in [7, 11) is 0. The van der Waals surface area contributed by atoms with Crippen LogP contribution >= 0.6 is 11.3 Å². The smallest absolute Gasteiger partial charge is 0.339 e. The molecule has 9 heteroatoms. The highest BCUT2D eigenvalue weighted by atomic mass is 32.1. The molecular formula is C20H21N5O3S. The summed E-state index contributed by atoms with van der Waals surface area (Å²) >= 11 is 1.56. The van der Waals surface area contributed by atoms with E-state index < -0.39 is 5.97 Å². The monoisotopic (exact) mass is 411 g/mol. The molecule has 0 radical (unpaired) electrons. The summed E-state index contributed by atoms with van der Waals surface area (Å²) in [6, 6.07) is 7.03. The van der Waals surface area contributed by atoms with E-state index in [9.17, 15) is 9.59 Å². The number of piperazine rings is 1. The van der Waals surface area contributed by atoms with Gasteiger partial charge in [-0.1, -0.05) is 11.3 Å². The van der Waals surface area contributed by atoms with Crippen LogP contribution in [0.5, 0.6) is 0 Å². The third-order valence-electron chi connectivity index (χ3n) is 4.79. The van der Waals surface area contributed by atoms with Gasteiger partial charge in [-0.2, -0.15) is 0 Å². The van der Waals surface area contributed by atoms with E-state index in [4.69, 9.17) is 4.74 Å². The molecule has 0 bridgehead atoms. The van der Waals surface area contributed by atoms with Gasteiger partial charge in [-0.3, -0.25) is 4.79 Å². The molecule has 0 N–H and O–H groups in total. The number of rotatable bonds is 4. The largest absolute Gasteiger partial charge is 0.462 e. The number of nitrogens with zero attached hydrogens (tertiary/aromatic N) is 5. The Balaban J connectivity index is 1.42. The number of carbonyl (C=O) groups excluding carboxylic acids is 2. The van der Waals surface area contributed by atoms with Gasteiger partial charge in [0.2, 0.25) is 0 Å². The van der Waals surface area contributed by atoms with Crippen molar-refractivity contribution in [2.24, 2.45) is 0 Å². The fourth-order valence-electron chi connectivity index (χ4n) is 3.26. The fraction of sp³-hybridized carbons (Fsp3) is 0.350. The third-order valence-corrected chi connectivity index (χ3v) is 5.83. The standard InChI is InChI=1S/C20H21N5O3S/c1-3-28-19(27)14-6-7-16(22-13(14)2)18(26)24-9-11-25(12-10-24)20-23-15-5-4-8-21-17(15)29-20/h4-8H,3,9-12H2,1-2H3. The predicted octanol–water partition coefficient (Wildman–Crippen LogP) is 2.53. The molecule has 1 saturated heterocycles. The second-order valence-electron chi connectivity index (χ2n) is 6.65. The molecule has 0 spiro atoms. The van der Waals surface area contributed by atoms with Gasteiger partial charge in [0.25, 0.3) is 5.91 Å². The van der Waals surface area contributed by atoms with Crippen molar-refractivity contribution in [2.75, 3.05) is 37.7 Å². The molecule has 8 nitrogen and oxygen atoms in total. The van der Waals surface area contributed by atoms with Crippen molar-refractivity contribution < 1.29 is 14.3 Å². The molecule has 29 heavy (non-hydrogen) atoms. The zero-order valence-corrected chi connectivity index (χ0v) is 17.1. The van der Waals surface area contributed by atoms with Crippen LogP contribution in [0.2, 0.25) is 0 Å². The SMILES string of the molecule is CCOC(=O)c1ccc(C(=O)N2CCN(c3nc4cccnc4s3)CC2)nc1C. The van der Waals surface area contributed by atoms with Crippen LogP contribution in [0.3, 0.4) is 0 Å². The molecule has 0 atom stereocenters. The first-order valence-electron chi connectivity index (χ1n) is 9.47. The molecule has 1 aliphatic heterocycles. The zero-order valence-electron chi connectivity index (χ0n) is 16.3. The van der Waals surface area contributed by atoms with Crippen molar-refractivity contribution in [3.05, 3.63) is 47.4 Å². The number of anilines is 1. The average Bonchev–Trinajstić information content (AvgIpc) is 3.17. The van der Waals surface area contributed by atoms with Crippen LogP contribution < -0.4 is 4.90 Å². The van der Waals surface area contributed by atoms with Crippen LogP contribution in [0.25, 0.3) is 10.3 Å². The molecule has 3 aromatic heterocycles. The van der Waals surface area contributed by atoms with Crippen molar-refractivity contribution in [1.29, 1.82) is 0 Å². The van der Waals surface area contributed by atoms with Crippen LogP contribution in [0.15, 0.2) is 30.5 Å². The summed E-state index contributed by atoms with van der Waals surface area (Å²) in [6.45, 7) is 6.33. The van der Waals surface area contributed by atoms with Crippen LogP contribution in [0, 0.1) is 6.92 Å². The Hall–Kier alpha value is -3.07. The van der Waals surface area contributed by atoms with Crippen molar-refractivity contribution in [3.63, 3.8) is 0 Å². The van der Waals surface area contributed by atoms with E-state index in [1.54, 1.807) is 48.4 Å². The maximum absolute atomic E-state index is 12.8. The number of hydrogen-bond donors (Lipinski definition) is 0. The quantitative estimate of drug-likeness (QED) is 0.610. The van der Waals surface area contributed by atoms with Gasteiger partial charge in [0.15, 0.2) is 5.13 Å². The van der Waals surface area contributed by atoms with Gasteiger partial charge >= 0.3 is 5.97 Å². The normalized spacial score (nSPS) is 14.3. The lowest BCUT2D eigenvalue weighted by Gasteiger charge is -2.34. The Morgan fingerprint density at radius 2 is 1.93 bits per heavy atom. The van der Waals surface area contributed by atoms with Gasteiger partial charge in [-0.15, -0.1) is 0 Å². The lowest BCUT2D eigenvalue weighted by Crippen LogP contribution is -2.49. The minimum atomic E-state index is -0.421. The number of amides is 1. The van der Waals surface area contributed by atoms with Crippen molar-refractivity contribution >= 4 is 38.7 Å². The molecule has 0 saturated carbocycles. The number of fused-ring (bicyclic) bond motifs is 1. The third kappa shape index (κ3) is 3.91. The summed E-state index contributed by atoms with van der Waals surface area (Å²) in [5.41, 5.74) is 2.12. The second kappa shape index (κ2) is 8.12. The molecule has 0 aromatic carbocycles. The van der Waals surface area contributed by atoms with Crippen LogP contribution in [0.4, 0.5) is 5.13 Å². The number of hydrogen-bond acceptors (Lipinski definition) is 8. The van der Waals surface area contributed by atoms with Gasteiger partial charge in [0.05, 0.1) is 17.9 Å². The minimum absolute atomic E-state index is 0.130. The number of ether oxygens (including phenoxy) is 1. The number of carbonyl (C=O) groups is 2. The summed E-state index contributed by atoms with van der Waals surface area (Å²) in [6.07, 6.45) is 1.77. The number of pyridine rings is 2. The molecule has 0 aliphatic carbocycles. The highest BCUT2D eigenvalue weighted by Gasteiger charge is 2.25. The number of aromatic nitrogens is 3. The fourth-order valence-corrected chi connectivity index (χ4v) is 4.22. The Morgan fingerprint density at radius 1 is 1.14 bits per heavy atom. The molecule has 0 unspecified atom stereocenters. The van der Waals surface area contributed by atoms with Gasteiger partial charge in [-0.05, 0) is 38.1 Å². The van der Waals surface area contributed by atoms with E-state index in [1.165, 1.54) is 0 Å². The first kappa shape index (κ1) is 19.3. The number of esters is 1. The Kier molecular flexibility index (Phi) is 5.39. The molecule has 4 rings (SSSR count). The van der Waals surface area contributed by atoms with Crippen LogP contribution in [-0.2, 0) is 4.74 Å². The van der Waals surface area contributed by atoms with Crippen LogP contribution in [-0.4, -0.2) is 64.5 Å². The highest BCUT2D eigenvalue weighted by Crippen LogP contribution is 2.27. The predicted molar refractivity (Wildman–Crippen MR) is 110 cm³/mol. The minimum Gasteiger partial charge on any atom is -0.462 e. The molecule has 1 fully saturated rings. The van der Waals surface area contributed by atoms with Gasteiger partial charge in [-0.25, -0.2) is 19.7 Å². The van der Waals surface area contributed by atoms with E-state index in [-0.39, 0.29) is 5.91 Å². The molecule has 1 aliphatic rings. The first-order chi connectivity index (χ1) is 14.1. The molecule has 150 valence electrons. The topological polar surface area (TPSA) is 88.5 Å². The van der Waals surface area contributed by atoms with E-state index in [0.29, 0.717) is 49.7 Å². The van der Waals surface area contributed by atoms with Gasteiger partial charge < -0.3 is 14.5 Å². The molecule has 1 amide bonds. The molecule has 3 aromatic rings. The highest BCUT2D eigenvalue weighted by molar-refractivity contribution is 7.21. The maximum atomic E-state index is 12.8. The molecule has 4 heterocycles. The van der Waals surface area contributed by atoms with E-state index in [1.807, 2.05) is 12.1 Å². The first-order valence-corrected chi connectivity index (χ1v) is 10.3. The summed E-state index contributed by atoms with van der Waals surface area (Å²) in [5.74, 6) is -0.551. The average molecular weight is 411 g/mol. The van der Waals surface area contributed by atoms with E-state index >= 15 is 0 Å². The Labute approximate surface area is 172 Å². The number of thiazole rings is 1. The zero-order chi connectivity index (χ0) is 20.4. The lowest BCUT2D eigenvalue weighted by molar-refractivity contribution is 0.0524. The Morgan fingerprint density at radius 3 is 2.62 bits per heavy atom. The Bertz CT molecular complexity index is 1030. The molecular weight excluding hydrogens is 390 g/mol. The van der Waals surface area contributed by atoms with Crippen LogP contribution in [0.1, 0.15) is 33.5 Å². The van der Waals surface area contributed by atoms with E-state index in [0.717, 1.165) is 15.5 Å². The van der Waals surface area contributed by atoms with Crippen molar-refractivity contribution in [2.45, 2.75) is 13.8 Å². The second-order valence-corrected chi connectivity index (χ2v) is 7.61. The summed E-state index contributed by atoms with van der Waals surface area (Å²) in [5, 5.41) is 0.929. The van der Waals surface area contributed by atoms with Gasteiger partial charge in [0.1, 0.15) is 16.0 Å². The summed E-state index contributed by atoms with van der Waals surface area (Å²) in [4.78, 5) is 43.0. The lowest BCUT2D eigenvalue weighted by atomic mass is 10.1. The summed E-state index contributed by atoms with van der Waals surface area (Å²) < 4.78 is 5.01. The number of aryl methyl sites for hydroxylation is 1. The van der Waals surface area contributed by atoms with Crippen molar-refractivity contribution in [3.8, 4) is 0 Å².